The van der Waals surface area contributed by atoms with Crippen molar-refractivity contribution < 1.29 is 9.47 Å². The highest BCUT2D eigenvalue weighted by Crippen LogP contribution is 2.24. The number of pyridine rings is 1. The Morgan fingerprint density at radius 3 is 2.62 bits per heavy atom. The lowest BCUT2D eigenvalue weighted by molar-refractivity contribution is 0.366. The number of nitrogens with zero attached hydrogens (tertiary/aromatic N) is 1. The van der Waals surface area contributed by atoms with E-state index in [1.54, 1.807) is 20.3 Å². The highest BCUT2D eigenvalue weighted by atomic mass is 16.5. The lowest BCUT2D eigenvalue weighted by Gasteiger charge is -2.09. The second kappa shape index (κ2) is 4.54. The van der Waals surface area contributed by atoms with Gasteiger partial charge in [-0.15, -0.1) is 0 Å². The summed E-state index contributed by atoms with van der Waals surface area (Å²) >= 11 is 0. The molecule has 0 aliphatic heterocycles. The van der Waals surface area contributed by atoms with Crippen LogP contribution in [0.4, 0.5) is 5.69 Å². The third-order valence-corrected chi connectivity index (χ3v) is 1.60. The minimum atomic E-state index is 0.554. The molecule has 4 nitrogen and oxygen atoms in total. The number of aromatic nitrogens is 1. The van der Waals surface area contributed by atoms with E-state index < -0.39 is 0 Å². The fourth-order valence-electron chi connectivity index (χ4n) is 1.02. The van der Waals surface area contributed by atoms with Gasteiger partial charge in [-0.05, 0) is 13.0 Å². The SMILES string of the molecule is CCNc1ccc(OC)nc1OC. The van der Waals surface area contributed by atoms with E-state index in [0.29, 0.717) is 11.8 Å². The first-order valence-corrected chi connectivity index (χ1v) is 4.14. The van der Waals surface area contributed by atoms with E-state index in [0.717, 1.165) is 12.2 Å². The van der Waals surface area contributed by atoms with Gasteiger partial charge in [0.15, 0.2) is 0 Å². The van der Waals surface area contributed by atoms with Crippen molar-refractivity contribution in [2.75, 3.05) is 26.1 Å². The van der Waals surface area contributed by atoms with Crippen LogP contribution in [0.2, 0.25) is 0 Å². The lowest BCUT2D eigenvalue weighted by atomic mass is 10.4. The molecule has 13 heavy (non-hydrogen) atoms. The lowest BCUT2D eigenvalue weighted by Crippen LogP contribution is -2.01. The van der Waals surface area contributed by atoms with Crippen molar-refractivity contribution >= 4 is 5.69 Å². The maximum Gasteiger partial charge on any atom is 0.240 e. The van der Waals surface area contributed by atoms with Crippen LogP contribution in [0.15, 0.2) is 12.1 Å². The first-order chi connectivity index (χ1) is 6.31. The minimum absolute atomic E-state index is 0.554. The van der Waals surface area contributed by atoms with Crippen molar-refractivity contribution in [3.63, 3.8) is 0 Å². The maximum atomic E-state index is 5.09. The van der Waals surface area contributed by atoms with Gasteiger partial charge in [0.1, 0.15) is 0 Å². The number of hydrogen-bond acceptors (Lipinski definition) is 4. The van der Waals surface area contributed by atoms with Gasteiger partial charge in [0.05, 0.1) is 19.9 Å². The monoisotopic (exact) mass is 182 g/mol. The van der Waals surface area contributed by atoms with E-state index in [1.165, 1.54) is 0 Å². The number of hydrogen-bond donors (Lipinski definition) is 1. The van der Waals surface area contributed by atoms with Crippen LogP contribution in [0.1, 0.15) is 6.92 Å². The van der Waals surface area contributed by atoms with Crippen LogP contribution >= 0.6 is 0 Å². The smallest absolute Gasteiger partial charge is 0.240 e. The van der Waals surface area contributed by atoms with E-state index in [9.17, 15) is 0 Å². The van der Waals surface area contributed by atoms with Crippen LogP contribution in [0.3, 0.4) is 0 Å². The maximum absolute atomic E-state index is 5.09. The molecule has 4 heteroatoms. The summed E-state index contributed by atoms with van der Waals surface area (Å²) < 4.78 is 10.1. The molecule has 0 aliphatic carbocycles. The van der Waals surface area contributed by atoms with Crippen LogP contribution < -0.4 is 14.8 Å². The van der Waals surface area contributed by atoms with Crippen molar-refractivity contribution in [2.24, 2.45) is 0 Å². The van der Waals surface area contributed by atoms with Crippen LogP contribution in [-0.2, 0) is 0 Å². The van der Waals surface area contributed by atoms with Gasteiger partial charge in [0, 0.05) is 12.6 Å². The summed E-state index contributed by atoms with van der Waals surface area (Å²) in [5, 5.41) is 3.14. The normalized spacial score (nSPS) is 9.46. The fraction of sp³-hybridized carbons (Fsp3) is 0.444. The van der Waals surface area contributed by atoms with Crippen molar-refractivity contribution in [1.82, 2.24) is 4.98 Å². The second-order valence-corrected chi connectivity index (χ2v) is 2.44. The van der Waals surface area contributed by atoms with Gasteiger partial charge >= 0.3 is 0 Å². The van der Waals surface area contributed by atoms with Gasteiger partial charge in [0.25, 0.3) is 0 Å². The van der Waals surface area contributed by atoms with Crippen LogP contribution in [0.25, 0.3) is 0 Å². The van der Waals surface area contributed by atoms with E-state index >= 15 is 0 Å². The molecular formula is C9H14N2O2. The average Bonchev–Trinajstić information content (AvgIpc) is 2.19. The molecule has 72 valence electrons. The molecule has 0 fully saturated rings. The quantitative estimate of drug-likeness (QED) is 0.766. The third-order valence-electron chi connectivity index (χ3n) is 1.60. The number of anilines is 1. The molecule has 0 bridgehead atoms. The summed E-state index contributed by atoms with van der Waals surface area (Å²) in [7, 11) is 3.16. The van der Waals surface area contributed by atoms with Crippen molar-refractivity contribution in [3.05, 3.63) is 12.1 Å². The Morgan fingerprint density at radius 2 is 2.08 bits per heavy atom. The average molecular weight is 182 g/mol. The minimum Gasteiger partial charge on any atom is -0.481 e. The van der Waals surface area contributed by atoms with Crippen molar-refractivity contribution in [3.8, 4) is 11.8 Å². The Hall–Kier alpha value is -1.45. The first-order valence-electron chi connectivity index (χ1n) is 4.14. The van der Waals surface area contributed by atoms with Gasteiger partial charge in [-0.3, -0.25) is 0 Å². The molecule has 0 aliphatic rings. The molecule has 0 aromatic carbocycles. The molecule has 0 unspecified atom stereocenters. The molecule has 0 saturated carbocycles. The van der Waals surface area contributed by atoms with Crippen LogP contribution in [-0.4, -0.2) is 25.7 Å². The predicted molar refractivity (Wildman–Crippen MR) is 51.5 cm³/mol. The molecule has 0 atom stereocenters. The largest absolute Gasteiger partial charge is 0.481 e. The van der Waals surface area contributed by atoms with Gasteiger partial charge in [0.2, 0.25) is 11.8 Å². The molecule has 1 rings (SSSR count). The van der Waals surface area contributed by atoms with Crippen LogP contribution in [0.5, 0.6) is 11.8 Å². The van der Waals surface area contributed by atoms with Gasteiger partial charge < -0.3 is 14.8 Å². The van der Waals surface area contributed by atoms with Gasteiger partial charge in [-0.1, -0.05) is 0 Å². The van der Waals surface area contributed by atoms with Gasteiger partial charge in [-0.25, -0.2) is 0 Å². The zero-order valence-electron chi connectivity index (χ0n) is 8.13. The summed E-state index contributed by atoms with van der Waals surface area (Å²) in [5.74, 6) is 1.11. The summed E-state index contributed by atoms with van der Waals surface area (Å²) in [6, 6.07) is 3.68. The Kier molecular flexibility index (Phi) is 3.37. The second-order valence-electron chi connectivity index (χ2n) is 2.44. The highest BCUT2D eigenvalue weighted by Gasteiger charge is 2.04. The molecular weight excluding hydrogens is 168 g/mol. The number of rotatable bonds is 4. The third kappa shape index (κ3) is 2.24. The Labute approximate surface area is 77.9 Å². The fourth-order valence-corrected chi connectivity index (χ4v) is 1.02. The van der Waals surface area contributed by atoms with Crippen molar-refractivity contribution in [2.45, 2.75) is 6.92 Å². The Bertz CT molecular complexity index is 276. The molecule has 0 radical (unpaired) electrons. The number of nitrogens with one attached hydrogen (secondary N) is 1. The van der Waals surface area contributed by atoms with Crippen LogP contribution in [0, 0.1) is 0 Å². The summed E-state index contributed by atoms with van der Waals surface area (Å²) in [5.41, 5.74) is 0.880. The standard InChI is InChI=1S/C9H14N2O2/c1-4-10-7-5-6-8(12-2)11-9(7)13-3/h5-6,10H,4H2,1-3H3. The molecule has 1 N–H and O–H groups in total. The van der Waals surface area contributed by atoms with E-state index in [-0.39, 0.29) is 0 Å². The number of ether oxygens (including phenoxy) is 2. The van der Waals surface area contributed by atoms with Gasteiger partial charge in [-0.2, -0.15) is 4.98 Å². The number of methoxy groups -OCH3 is 2. The Balaban J connectivity index is 2.93. The summed E-state index contributed by atoms with van der Waals surface area (Å²) in [6.45, 7) is 2.86. The summed E-state index contributed by atoms with van der Waals surface area (Å²) in [4.78, 5) is 4.12. The Morgan fingerprint density at radius 1 is 1.31 bits per heavy atom. The predicted octanol–water partition coefficient (Wildman–Crippen LogP) is 1.53. The zero-order chi connectivity index (χ0) is 9.68. The molecule has 0 spiro atoms. The van der Waals surface area contributed by atoms with Crippen molar-refractivity contribution in [1.29, 1.82) is 0 Å². The first kappa shape index (κ1) is 9.64. The molecule has 1 aromatic heterocycles. The van der Waals surface area contributed by atoms with E-state index in [2.05, 4.69) is 10.3 Å². The topological polar surface area (TPSA) is 43.4 Å². The summed E-state index contributed by atoms with van der Waals surface area (Å²) in [6.07, 6.45) is 0. The molecule has 1 heterocycles. The zero-order valence-corrected chi connectivity index (χ0v) is 8.13. The van der Waals surface area contributed by atoms with E-state index in [1.807, 2.05) is 13.0 Å². The molecule has 1 aromatic rings. The molecule has 0 saturated heterocycles. The molecule has 0 amide bonds. The highest BCUT2D eigenvalue weighted by molar-refractivity contribution is 5.53. The van der Waals surface area contributed by atoms with E-state index in [4.69, 9.17) is 9.47 Å².